The van der Waals surface area contributed by atoms with Gasteiger partial charge in [0.15, 0.2) is 5.78 Å². The zero-order valence-corrected chi connectivity index (χ0v) is 11.2. The molecule has 0 aromatic heterocycles. The molecule has 0 saturated heterocycles. The number of hydrogen-bond acceptors (Lipinski definition) is 2. The fourth-order valence-corrected chi connectivity index (χ4v) is 1.57. The molecule has 2 nitrogen and oxygen atoms in total. The fraction of sp³-hybridized carbons (Fsp3) is 0.364. The molecular formula is C11H13BrClFO2. The van der Waals surface area contributed by atoms with Crippen LogP contribution in [0, 0.1) is 5.92 Å². The van der Waals surface area contributed by atoms with Crippen molar-refractivity contribution < 1.29 is 14.6 Å². The molecule has 1 aromatic rings. The third-order valence-corrected chi connectivity index (χ3v) is 3.84. The SMILES string of the molecule is CC(C)C(Br)C(=O)c1ccc(O)c(Cl)c1.F. The minimum Gasteiger partial charge on any atom is -0.506 e. The number of rotatable bonds is 3. The molecule has 0 spiro atoms. The summed E-state index contributed by atoms with van der Waals surface area (Å²) in [6.45, 7) is 3.92. The minimum atomic E-state index is -0.224. The van der Waals surface area contributed by atoms with Crippen molar-refractivity contribution in [1.82, 2.24) is 0 Å². The van der Waals surface area contributed by atoms with Gasteiger partial charge >= 0.3 is 0 Å². The molecule has 1 rings (SSSR count). The molecule has 5 heteroatoms. The number of hydrogen-bond donors (Lipinski definition) is 1. The molecular weight excluding hydrogens is 298 g/mol. The average molecular weight is 312 g/mol. The van der Waals surface area contributed by atoms with Crippen LogP contribution in [0.15, 0.2) is 18.2 Å². The van der Waals surface area contributed by atoms with Crippen molar-refractivity contribution >= 4 is 33.3 Å². The highest BCUT2D eigenvalue weighted by molar-refractivity contribution is 9.10. The maximum absolute atomic E-state index is 11.9. The van der Waals surface area contributed by atoms with Gasteiger partial charge in [0.2, 0.25) is 0 Å². The summed E-state index contributed by atoms with van der Waals surface area (Å²) in [5.74, 6) is 0.181. The van der Waals surface area contributed by atoms with Crippen LogP contribution in [0.2, 0.25) is 5.02 Å². The van der Waals surface area contributed by atoms with Crippen LogP contribution >= 0.6 is 27.5 Å². The smallest absolute Gasteiger partial charge is 0.176 e. The lowest BCUT2D eigenvalue weighted by Gasteiger charge is -2.12. The number of Topliss-reactive ketones (excluding diaryl/α,β-unsaturated/α-hetero) is 1. The van der Waals surface area contributed by atoms with Gasteiger partial charge in [-0.1, -0.05) is 41.4 Å². The van der Waals surface area contributed by atoms with Crippen LogP contribution in [0.3, 0.4) is 0 Å². The summed E-state index contributed by atoms with van der Waals surface area (Å²) < 4.78 is 0. The summed E-state index contributed by atoms with van der Waals surface area (Å²) in [7, 11) is 0. The van der Waals surface area contributed by atoms with Crippen LogP contribution in [0.5, 0.6) is 5.75 Å². The van der Waals surface area contributed by atoms with E-state index in [0.717, 1.165) is 0 Å². The largest absolute Gasteiger partial charge is 0.506 e. The third-order valence-electron chi connectivity index (χ3n) is 2.07. The first kappa shape index (κ1) is 15.4. The topological polar surface area (TPSA) is 37.3 Å². The second-order valence-electron chi connectivity index (χ2n) is 3.68. The van der Waals surface area contributed by atoms with Gasteiger partial charge in [-0.05, 0) is 24.1 Å². The Morgan fingerprint density at radius 2 is 2.00 bits per heavy atom. The molecule has 0 radical (unpaired) electrons. The second-order valence-corrected chi connectivity index (χ2v) is 5.07. The van der Waals surface area contributed by atoms with Gasteiger partial charge in [-0.15, -0.1) is 0 Å². The number of phenolic OH excluding ortho intramolecular Hbond substituents is 1. The van der Waals surface area contributed by atoms with Gasteiger partial charge in [-0.25, -0.2) is 0 Å². The highest BCUT2D eigenvalue weighted by Crippen LogP contribution is 2.26. The highest BCUT2D eigenvalue weighted by atomic mass is 79.9. The van der Waals surface area contributed by atoms with Crippen molar-refractivity contribution in [3.8, 4) is 5.75 Å². The van der Waals surface area contributed by atoms with Gasteiger partial charge in [0.1, 0.15) is 5.75 Å². The minimum absolute atomic E-state index is 0. The molecule has 16 heavy (non-hydrogen) atoms. The number of ketones is 1. The average Bonchev–Trinajstić information content (AvgIpc) is 2.19. The Morgan fingerprint density at radius 1 is 1.44 bits per heavy atom. The molecule has 1 unspecified atom stereocenters. The summed E-state index contributed by atoms with van der Waals surface area (Å²) in [4.78, 5) is 11.6. The van der Waals surface area contributed by atoms with Crippen molar-refractivity contribution in [3.63, 3.8) is 0 Å². The molecule has 0 bridgehead atoms. The van der Waals surface area contributed by atoms with Gasteiger partial charge in [0, 0.05) is 5.56 Å². The molecule has 0 fully saturated rings. The van der Waals surface area contributed by atoms with Crippen LogP contribution in [-0.2, 0) is 0 Å². The van der Waals surface area contributed by atoms with E-state index in [-0.39, 0.29) is 32.0 Å². The van der Waals surface area contributed by atoms with E-state index in [0.29, 0.717) is 5.56 Å². The molecule has 0 aliphatic heterocycles. The van der Waals surface area contributed by atoms with E-state index < -0.39 is 0 Å². The second kappa shape index (κ2) is 6.21. The Morgan fingerprint density at radius 3 is 2.44 bits per heavy atom. The molecule has 90 valence electrons. The lowest BCUT2D eigenvalue weighted by molar-refractivity contribution is 0.0978. The van der Waals surface area contributed by atoms with Crippen molar-refractivity contribution in [2.45, 2.75) is 18.7 Å². The summed E-state index contributed by atoms with van der Waals surface area (Å²) in [5.41, 5.74) is 0.508. The summed E-state index contributed by atoms with van der Waals surface area (Å²) in [5, 5.41) is 9.42. The Hall–Kier alpha value is -0.610. The molecule has 0 aliphatic carbocycles. The zero-order valence-electron chi connectivity index (χ0n) is 8.91. The molecule has 0 heterocycles. The van der Waals surface area contributed by atoms with E-state index >= 15 is 0 Å². The standard InChI is InChI=1S/C11H12BrClO2.FH/c1-6(2)10(12)11(15)7-3-4-9(14)8(13)5-7;/h3-6,10,14H,1-2H3;1H. The van der Waals surface area contributed by atoms with E-state index in [1.807, 2.05) is 13.8 Å². The quantitative estimate of drug-likeness (QED) is 0.681. The molecule has 1 atom stereocenters. The summed E-state index contributed by atoms with van der Waals surface area (Å²) >= 11 is 9.06. The van der Waals surface area contributed by atoms with E-state index in [9.17, 15) is 9.90 Å². The van der Waals surface area contributed by atoms with Crippen LogP contribution < -0.4 is 0 Å². The molecule has 0 saturated carbocycles. The number of benzene rings is 1. The maximum atomic E-state index is 11.9. The van der Waals surface area contributed by atoms with E-state index in [1.165, 1.54) is 12.1 Å². The van der Waals surface area contributed by atoms with Crippen LogP contribution in [0.1, 0.15) is 24.2 Å². The van der Waals surface area contributed by atoms with Crippen molar-refractivity contribution in [3.05, 3.63) is 28.8 Å². The molecule has 1 aromatic carbocycles. The Kier molecular flexibility index (Phi) is 5.97. The lowest BCUT2D eigenvalue weighted by atomic mass is 10.0. The number of aromatic hydroxyl groups is 1. The monoisotopic (exact) mass is 310 g/mol. The van der Waals surface area contributed by atoms with Gasteiger partial charge in [0.25, 0.3) is 0 Å². The predicted molar refractivity (Wildman–Crippen MR) is 67.5 cm³/mol. The first-order chi connectivity index (χ1) is 6.93. The molecule has 0 aliphatic rings. The Labute approximate surface area is 107 Å². The fourth-order valence-electron chi connectivity index (χ4n) is 1.12. The number of carbonyl (C=O) groups excluding carboxylic acids is 1. The van der Waals surface area contributed by atoms with Gasteiger partial charge in [-0.3, -0.25) is 9.50 Å². The first-order valence-corrected chi connectivity index (χ1v) is 5.89. The number of halogens is 3. The molecule has 0 amide bonds. The first-order valence-electron chi connectivity index (χ1n) is 4.60. The van der Waals surface area contributed by atoms with Gasteiger partial charge < -0.3 is 5.11 Å². The summed E-state index contributed by atoms with van der Waals surface area (Å²) in [6, 6.07) is 4.48. The van der Waals surface area contributed by atoms with Gasteiger partial charge in [-0.2, -0.15) is 0 Å². The Balaban J connectivity index is 0.00000225. The van der Waals surface area contributed by atoms with Crippen molar-refractivity contribution in [1.29, 1.82) is 0 Å². The summed E-state index contributed by atoms with van der Waals surface area (Å²) in [6.07, 6.45) is 0. The number of carbonyl (C=O) groups is 1. The van der Waals surface area contributed by atoms with Crippen LogP contribution in [0.4, 0.5) is 4.70 Å². The normalized spacial score (nSPS) is 12.1. The lowest BCUT2D eigenvalue weighted by Crippen LogP contribution is -2.19. The molecule has 1 N–H and O–H groups in total. The maximum Gasteiger partial charge on any atom is 0.176 e. The van der Waals surface area contributed by atoms with E-state index in [1.54, 1.807) is 6.07 Å². The van der Waals surface area contributed by atoms with Crippen LogP contribution in [0.25, 0.3) is 0 Å². The zero-order chi connectivity index (χ0) is 11.6. The highest BCUT2D eigenvalue weighted by Gasteiger charge is 2.20. The predicted octanol–water partition coefficient (Wildman–Crippen LogP) is 3.80. The number of alkyl halides is 1. The third kappa shape index (κ3) is 3.46. The van der Waals surface area contributed by atoms with Crippen molar-refractivity contribution in [2.75, 3.05) is 0 Å². The van der Waals surface area contributed by atoms with E-state index in [2.05, 4.69) is 15.9 Å². The van der Waals surface area contributed by atoms with Crippen LogP contribution in [-0.4, -0.2) is 15.7 Å². The van der Waals surface area contributed by atoms with Gasteiger partial charge in [0.05, 0.1) is 9.85 Å². The Bertz CT molecular complexity index is 382. The number of phenols is 1. The van der Waals surface area contributed by atoms with E-state index in [4.69, 9.17) is 11.6 Å². The van der Waals surface area contributed by atoms with Crippen molar-refractivity contribution in [2.24, 2.45) is 5.92 Å².